The number of ether oxygens (including phenoxy) is 1. The van der Waals surface area contributed by atoms with Crippen molar-refractivity contribution < 1.29 is 58.5 Å². The lowest BCUT2D eigenvalue weighted by Gasteiger charge is -2.17. The van der Waals surface area contributed by atoms with Crippen molar-refractivity contribution in [1.29, 1.82) is 0 Å². The van der Waals surface area contributed by atoms with Crippen LogP contribution in [0, 0.1) is 24.1 Å². The van der Waals surface area contributed by atoms with Crippen LogP contribution in [0.2, 0.25) is 0 Å². The first-order valence-electron chi connectivity index (χ1n) is 9.87. The van der Waals surface area contributed by atoms with Gasteiger partial charge >= 0.3 is 0 Å². The summed E-state index contributed by atoms with van der Waals surface area (Å²) in [7, 11) is -4.94. The largest absolute Gasteiger partial charge is 0.394 e. The molecule has 0 amide bonds. The highest BCUT2D eigenvalue weighted by atomic mass is 35.7. The summed E-state index contributed by atoms with van der Waals surface area (Å²) in [6.07, 6.45) is -1.44. The van der Waals surface area contributed by atoms with Crippen LogP contribution in [0.5, 0.6) is 0 Å². The third-order valence-electron chi connectivity index (χ3n) is 5.18. The van der Waals surface area contributed by atoms with Crippen molar-refractivity contribution in [2.75, 3.05) is 12.3 Å². The summed E-state index contributed by atoms with van der Waals surface area (Å²) in [6, 6.07) is 6.10. The van der Waals surface area contributed by atoms with E-state index < -0.39 is 41.4 Å². The molecule has 4 rings (SSSR count). The predicted octanol–water partition coefficient (Wildman–Crippen LogP) is -5.60. The second-order valence-corrected chi connectivity index (χ2v) is 8.35. The van der Waals surface area contributed by atoms with Gasteiger partial charge in [-0.25, -0.2) is 23.6 Å². The zero-order chi connectivity index (χ0) is 25.2. The summed E-state index contributed by atoms with van der Waals surface area (Å²) >= 11 is 0. The number of aryl methyl sites for hydroxylation is 2. The van der Waals surface area contributed by atoms with Gasteiger partial charge in [-0.2, -0.15) is 0 Å². The number of aliphatic hydroxyl groups excluding tert-OH is 3. The van der Waals surface area contributed by atoms with Crippen molar-refractivity contribution in [3.63, 3.8) is 0 Å². The first kappa shape index (κ1) is 26.0. The van der Waals surface area contributed by atoms with Crippen LogP contribution in [-0.2, 0) is 11.3 Å². The summed E-state index contributed by atoms with van der Waals surface area (Å²) < 4.78 is 42.3. The maximum absolute atomic E-state index is 10.2. The monoisotopic (exact) mass is 501 g/mol. The number of fused-ring (bicyclic) bond motifs is 1. The third kappa shape index (κ3) is 5.87. The van der Waals surface area contributed by atoms with Gasteiger partial charge in [0.1, 0.15) is 24.6 Å². The maximum atomic E-state index is 10.2. The van der Waals surface area contributed by atoms with Gasteiger partial charge in [0.05, 0.1) is 6.61 Å². The summed E-state index contributed by atoms with van der Waals surface area (Å²) in [5.74, 6) is 0.241. The number of aromatic nitrogens is 4. The van der Waals surface area contributed by atoms with E-state index in [-0.39, 0.29) is 5.82 Å². The van der Waals surface area contributed by atoms with Crippen molar-refractivity contribution in [2.24, 2.45) is 0 Å². The van der Waals surface area contributed by atoms with Crippen molar-refractivity contribution in [3.05, 3.63) is 47.5 Å². The molecule has 3 aromatic rings. The fraction of sp³-hybridized carbons (Fsp3) is 0.421. The van der Waals surface area contributed by atoms with Crippen molar-refractivity contribution in [3.8, 4) is 0 Å². The SMILES string of the molecule is Cc1ccc(CO[n+]2cnc3c(ncn3[C@@H]3O[C@H](CO)[C@@H](O)[C@H]3O)c2N)c(C)c1.[O-][Cl+3]([O-])([O-])[O-]. The van der Waals surface area contributed by atoms with Gasteiger partial charge in [0, 0.05) is 0 Å². The Morgan fingerprint density at radius 1 is 1.18 bits per heavy atom. The van der Waals surface area contributed by atoms with Crippen molar-refractivity contribution in [1.82, 2.24) is 14.5 Å². The fourth-order valence-electron chi connectivity index (χ4n) is 3.48. The van der Waals surface area contributed by atoms with Gasteiger partial charge in [0.25, 0.3) is 12.1 Å². The molecule has 0 bridgehead atoms. The summed E-state index contributed by atoms with van der Waals surface area (Å²) in [5.41, 5.74) is 10.3. The zero-order valence-electron chi connectivity index (χ0n) is 18.1. The quantitative estimate of drug-likeness (QED) is 0.239. The standard InChI is InChI=1S/C19H23N5O5.ClHO4/c1-10-3-4-12(11(2)5-10)7-28-24-9-22-18-14(17(24)20)21-8-23(18)19-16(27)15(26)13(6-25)29-19;2-1(3,4)5/h3-5,8-9,13,15-16,19-20,25-27H,6-7H2,1-2H3;(H,2,3,4,5)/t13-,15-,16-,19-;/m1./s1. The molecule has 3 heterocycles. The molecule has 0 saturated carbocycles. The van der Waals surface area contributed by atoms with Crippen LogP contribution in [0.1, 0.15) is 22.9 Å². The van der Waals surface area contributed by atoms with Gasteiger partial charge in [0.2, 0.25) is 11.2 Å². The van der Waals surface area contributed by atoms with Crippen molar-refractivity contribution >= 4 is 17.0 Å². The van der Waals surface area contributed by atoms with Crippen LogP contribution in [-0.4, -0.2) is 54.8 Å². The smallest absolute Gasteiger partial charge is 0.289 e. The predicted molar refractivity (Wildman–Crippen MR) is 101 cm³/mol. The number of halogens is 1. The topological polar surface area (TPSA) is 232 Å². The number of benzene rings is 1. The van der Waals surface area contributed by atoms with E-state index in [1.807, 2.05) is 26.0 Å². The van der Waals surface area contributed by atoms with E-state index in [1.54, 1.807) is 0 Å². The van der Waals surface area contributed by atoms with Crippen LogP contribution in [0.4, 0.5) is 5.82 Å². The Labute approximate surface area is 195 Å². The number of hydrogen-bond donors (Lipinski definition) is 4. The summed E-state index contributed by atoms with van der Waals surface area (Å²) in [5, 5.41) is 29.5. The van der Waals surface area contributed by atoms with E-state index in [0.29, 0.717) is 17.8 Å². The molecule has 15 heteroatoms. The molecule has 5 N–H and O–H groups in total. The first-order valence-corrected chi connectivity index (χ1v) is 11.1. The van der Waals surface area contributed by atoms with E-state index >= 15 is 0 Å². The molecule has 0 radical (unpaired) electrons. The molecule has 4 atom stereocenters. The van der Waals surface area contributed by atoms with Crippen LogP contribution < -0.4 is 33.9 Å². The molecule has 1 aliphatic heterocycles. The van der Waals surface area contributed by atoms with E-state index in [2.05, 4.69) is 16.0 Å². The molecule has 0 spiro atoms. The fourth-order valence-corrected chi connectivity index (χ4v) is 3.48. The minimum absolute atomic E-state index is 0.241. The highest BCUT2D eigenvalue weighted by Gasteiger charge is 2.44. The van der Waals surface area contributed by atoms with Crippen LogP contribution in [0.3, 0.4) is 0 Å². The average molecular weight is 502 g/mol. The molecule has 2 aromatic heterocycles. The Hall–Kier alpha value is -2.66. The molecule has 34 heavy (non-hydrogen) atoms. The van der Waals surface area contributed by atoms with Crippen LogP contribution in [0.25, 0.3) is 11.2 Å². The molecule has 186 valence electrons. The molecule has 1 aromatic carbocycles. The maximum Gasteiger partial charge on any atom is 0.289 e. The van der Waals surface area contributed by atoms with Gasteiger partial charge in [-0.1, -0.05) is 33.5 Å². The van der Waals surface area contributed by atoms with E-state index in [1.165, 1.54) is 27.5 Å². The van der Waals surface area contributed by atoms with E-state index in [9.17, 15) is 15.3 Å². The second kappa shape index (κ2) is 10.3. The number of hydrogen-bond acceptors (Lipinski definition) is 12. The number of rotatable bonds is 5. The van der Waals surface area contributed by atoms with Crippen LogP contribution >= 0.6 is 0 Å². The van der Waals surface area contributed by atoms with Gasteiger partial charge in [0.15, 0.2) is 12.8 Å². The molecule has 1 fully saturated rings. The Morgan fingerprint density at radius 2 is 1.85 bits per heavy atom. The average Bonchev–Trinajstić information content (AvgIpc) is 3.29. The molecular formula is C19H24ClN5O9. The lowest BCUT2D eigenvalue weighted by Crippen LogP contribution is -2.68. The second-order valence-electron chi connectivity index (χ2n) is 7.59. The Morgan fingerprint density at radius 3 is 2.44 bits per heavy atom. The number of imidazole rings is 1. The van der Waals surface area contributed by atoms with Crippen LogP contribution in [0.15, 0.2) is 30.9 Å². The van der Waals surface area contributed by atoms with Gasteiger partial charge in [-0.05, 0) is 25.0 Å². The van der Waals surface area contributed by atoms with Crippen molar-refractivity contribution in [2.45, 2.75) is 45.0 Å². The first-order chi connectivity index (χ1) is 15.9. The van der Waals surface area contributed by atoms with Gasteiger partial charge in [-0.3, -0.25) is 4.57 Å². The van der Waals surface area contributed by atoms with E-state index in [4.69, 9.17) is 33.9 Å². The molecular weight excluding hydrogens is 478 g/mol. The Bertz CT molecular complexity index is 1130. The molecule has 1 saturated heterocycles. The molecule has 1 aliphatic rings. The number of anilines is 1. The molecule has 0 unspecified atom stereocenters. The lowest BCUT2D eigenvalue weighted by molar-refractivity contribution is -2.00. The summed E-state index contributed by atoms with van der Waals surface area (Å²) in [6.45, 7) is 3.95. The Kier molecular flexibility index (Phi) is 7.87. The minimum atomic E-state index is -4.94. The van der Waals surface area contributed by atoms with Gasteiger partial charge < -0.3 is 30.6 Å². The number of nitrogens with zero attached hydrogens (tertiary/aromatic N) is 4. The van der Waals surface area contributed by atoms with Gasteiger partial charge in [-0.15, -0.1) is 10.2 Å². The normalized spacial score (nSPS) is 22.5. The molecule has 0 aliphatic carbocycles. The number of nitrogens with two attached hydrogens (primary N) is 1. The Balaban J connectivity index is 0.000000588. The third-order valence-corrected chi connectivity index (χ3v) is 5.18. The zero-order valence-corrected chi connectivity index (χ0v) is 18.9. The minimum Gasteiger partial charge on any atom is -0.394 e. The lowest BCUT2D eigenvalue weighted by atomic mass is 10.1. The highest BCUT2D eigenvalue weighted by molar-refractivity contribution is 5.79. The molecule has 14 nitrogen and oxygen atoms in total. The van der Waals surface area contributed by atoms with E-state index in [0.717, 1.165) is 11.1 Å². The number of nitrogen functional groups attached to an aromatic ring is 1. The number of aliphatic hydroxyl groups is 3. The summed E-state index contributed by atoms with van der Waals surface area (Å²) in [4.78, 5) is 14.4. The highest BCUT2D eigenvalue weighted by Crippen LogP contribution is 2.31.